The largest absolute Gasteiger partial charge is 0.444 e. The Hall–Kier alpha value is -1.43. The van der Waals surface area contributed by atoms with Crippen LogP contribution < -0.4 is 5.32 Å². The Bertz CT molecular complexity index is 409. The molecular weight excluding hydrogens is 252 g/mol. The Balaban J connectivity index is 2.63. The van der Waals surface area contributed by atoms with E-state index < -0.39 is 17.7 Å². The summed E-state index contributed by atoms with van der Waals surface area (Å²) in [4.78, 5) is 28.0. The number of Topliss-reactive ketones (excluding diaryl/α,β-unsaturated/α-hetero) is 1. The molecule has 1 atom stereocenters. The Kier molecular flexibility index (Phi) is 4.84. The van der Waals surface area contributed by atoms with Gasteiger partial charge in [0.25, 0.3) is 0 Å². The van der Waals surface area contributed by atoms with Gasteiger partial charge in [0.1, 0.15) is 5.60 Å². The van der Waals surface area contributed by atoms with Gasteiger partial charge in [-0.15, -0.1) is 11.3 Å². The van der Waals surface area contributed by atoms with Crippen LogP contribution >= 0.6 is 11.3 Å². The third kappa shape index (κ3) is 4.44. The molecule has 0 saturated carbocycles. The van der Waals surface area contributed by atoms with Gasteiger partial charge in [-0.2, -0.15) is 0 Å². The van der Waals surface area contributed by atoms with E-state index in [-0.39, 0.29) is 5.78 Å². The van der Waals surface area contributed by atoms with E-state index in [1.807, 2.05) is 6.92 Å². The maximum absolute atomic E-state index is 12.0. The molecule has 0 fully saturated rings. The second kappa shape index (κ2) is 5.95. The zero-order valence-electron chi connectivity index (χ0n) is 11.0. The van der Waals surface area contributed by atoms with Gasteiger partial charge < -0.3 is 10.1 Å². The molecule has 0 aliphatic rings. The van der Waals surface area contributed by atoms with Crippen LogP contribution in [0.4, 0.5) is 4.79 Å². The summed E-state index contributed by atoms with van der Waals surface area (Å²) in [5.41, 5.74) is 1.02. The summed E-state index contributed by atoms with van der Waals surface area (Å²) in [6.45, 7) is 7.16. The quantitative estimate of drug-likeness (QED) is 0.854. The number of nitrogens with one attached hydrogen (secondary N) is 1. The monoisotopic (exact) mass is 270 g/mol. The number of ketones is 1. The first-order chi connectivity index (χ1) is 8.33. The lowest BCUT2D eigenvalue weighted by molar-refractivity contribution is 0.0490. The zero-order valence-corrected chi connectivity index (χ0v) is 11.8. The molecule has 1 unspecified atom stereocenters. The molecule has 0 aliphatic carbocycles. The molecule has 18 heavy (non-hydrogen) atoms. The third-order valence-corrected chi connectivity index (χ3v) is 2.88. The highest BCUT2D eigenvalue weighted by Gasteiger charge is 2.24. The van der Waals surface area contributed by atoms with Gasteiger partial charge in [-0.05, 0) is 27.2 Å². The molecule has 1 heterocycles. The third-order valence-electron chi connectivity index (χ3n) is 2.09. The fraction of sp³-hybridized carbons (Fsp3) is 0.583. The summed E-state index contributed by atoms with van der Waals surface area (Å²) in [5.74, 6) is -0.133. The maximum Gasteiger partial charge on any atom is 0.408 e. The molecule has 1 rings (SSSR count). The number of nitrogens with zero attached hydrogens (tertiary/aromatic N) is 1. The number of carbonyl (C=O) groups is 2. The minimum atomic E-state index is -0.577. The maximum atomic E-state index is 12.0. The van der Waals surface area contributed by atoms with Crippen molar-refractivity contribution in [3.63, 3.8) is 0 Å². The Labute approximate surface area is 111 Å². The Morgan fingerprint density at radius 2 is 2.17 bits per heavy atom. The van der Waals surface area contributed by atoms with Crippen LogP contribution in [0.15, 0.2) is 11.7 Å². The van der Waals surface area contributed by atoms with Crippen molar-refractivity contribution in [1.29, 1.82) is 0 Å². The minimum absolute atomic E-state index is 0.133. The normalized spacial score (nSPS) is 12.9. The first-order valence-corrected chi connectivity index (χ1v) is 6.63. The molecule has 0 radical (unpaired) electrons. The zero-order chi connectivity index (χ0) is 13.8. The molecule has 5 nitrogen and oxygen atoms in total. The fourth-order valence-corrected chi connectivity index (χ4v) is 1.93. The molecule has 1 aromatic heterocycles. The van der Waals surface area contributed by atoms with Crippen molar-refractivity contribution in [1.82, 2.24) is 10.3 Å². The second-order valence-corrected chi connectivity index (χ2v) is 5.72. The molecule has 0 bridgehead atoms. The number of amides is 1. The van der Waals surface area contributed by atoms with Crippen molar-refractivity contribution >= 4 is 23.2 Å². The number of hydrogen-bond donors (Lipinski definition) is 1. The molecule has 0 aliphatic heterocycles. The molecule has 6 heteroatoms. The Morgan fingerprint density at radius 3 is 2.61 bits per heavy atom. The van der Waals surface area contributed by atoms with Crippen LogP contribution in [0.2, 0.25) is 0 Å². The van der Waals surface area contributed by atoms with E-state index in [0.717, 1.165) is 0 Å². The van der Waals surface area contributed by atoms with Crippen molar-refractivity contribution in [3.05, 3.63) is 16.6 Å². The molecule has 100 valence electrons. The van der Waals surface area contributed by atoms with Gasteiger partial charge in [-0.3, -0.25) is 9.78 Å². The van der Waals surface area contributed by atoms with Crippen LogP contribution in [0.3, 0.4) is 0 Å². The van der Waals surface area contributed by atoms with Crippen molar-refractivity contribution in [2.24, 2.45) is 0 Å². The molecule has 1 amide bonds. The number of carbonyl (C=O) groups excluding carboxylic acids is 2. The summed E-state index contributed by atoms with van der Waals surface area (Å²) in [7, 11) is 0. The summed E-state index contributed by atoms with van der Waals surface area (Å²) >= 11 is 1.26. The van der Waals surface area contributed by atoms with E-state index in [9.17, 15) is 9.59 Å². The molecule has 0 spiro atoms. The van der Waals surface area contributed by atoms with Crippen molar-refractivity contribution in [3.8, 4) is 0 Å². The van der Waals surface area contributed by atoms with Crippen molar-refractivity contribution < 1.29 is 14.3 Å². The lowest BCUT2D eigenvalue weighted by Crippen LogP contribution is -2.42. The smallest absolute Gasteiger partial charge is 0.408 e. The predicted molar refractivity (Wildman–Crippen MR) is 69.9 cm³/mol. The van der Waals surface area contributed by atoms with Gasteiger partial charge in [-0.25, -0.2) is 4.79 Å². The lowest BCUT2D eigenvalue weighted by atomic mass is 10.1. The van der Waals surface area contributed by atoms with Gasteiger partial charge >= 0.3 is 6.09 Å². The lowest BCUT2D eigenvalue weighted by Gasteiger charge is -2.22. The van der Waals surface area contributed by atoms with E-state index in [0.29, 0.717) is 11.3 Å². The number of thiazole rings is 1. The molecule has 0 aromatic carbocycles. The van der Waals surface area contributed by atoms with Crippen LogP contribution in [-0.2, 0) is 4.74 Å². The highest BCUT2D eigenvalue weighted by molar-refractivity contribution is 7.11. The Morgan fingerprint density at radius 1 is 1.50 bits per heavy atom. The van der Waals surface area contributed by atoms with Crippen LogP contribution in [-0.4, -0.2) is 28.5 Å². The van der Waals surface area contributed by atoms with E-state index in [1.165, 1.54) is 17.5 Å². The van der Waals surface area contributed by atoms with Gasteiger partial charge in [0.05, 0.1) is 16.4 Å². The molecule has 1 aromatic rings. The minimum Gasteiger partial charge on any atom is -0.444 e. The molecule has 1 N–H and O–H groups in total. The number of alkyl carbamates (subject to hydrolysis) is 1. The van der Waals surface area contributed by atoms with Gasteiger partial charge in [0.15, 0.2) is 5.78 Å². The second-order valence-electron chi connectivity index (χ2n) is 4.84. The standard InChI is InChI=1S/C12H18N2O3S/c1-5-8(10(15)9-6-13-7-18-9)14-11(16)17-12(2,3)4/h6-8H,5H2,1-4H3,(H,14,16). The van der Waals surface area contributed by atoms with Gasteiger partial charge in [0, 0.05) is 6.20 Å². The number of rotatable bonds is 4. The highest BCUT2D eigenvalue weighted by atomic mass is 32.1. The average molecular weight is 270 g/mol. The summed E-state index contributed by atoms with van der Waals surface area (Å²) in [6, 6.07) is -0.569. The topological polar surface area (TPSA) is 68.3 Å². The summed E-state index contributed by atoms with van der Waals surface area (Å²) < 4.78 is 5.12. The van der Waals surface area contributed by atoms with Crippen LogP contribution in [0.5, 0.6) is 0 Å². The van der Waals surface area contributed by atoms with E-state index >= 15 is 0 Å². The molecular formula is C12H18N2O3S. The number of hydrogen-bond acceptors (Lipinski definition) is 5. The van der Waals surface area contributed by atoms with Crippen LogP contribution in [0, 0.1) is 0 Å². The summed E-state index contributed by atoms with van der Waals surface area (Å²) in [6.07, 6.45) is 1.44. The van der Waals surface area contributed by atoms with Gasteiger partial charge in [-0.1, -0.05) is 6.92 Å². The molecule has 0 saturated heterocycles. The van der Waals surface area contributed by atoms with Gasteiger partial charge in [0.2, 0.25) is 0 Å². The summed E-state index contributed by atoms with van der Waals surface area (Å²) in [5, 5.41) is 2.58. The fourth-order valence-electron chi connectivity index (χ4n) is 1.31. The predicted octanol–water partition coefficient (Wildman–Crippen LogP) is 2.63. The van der Waals surface area contributed by atoms with E-state index in [4.69, 9.17) is 4.74 Å². The first-order valence-electron chi connectivity index (χ1n) is 5.75. The SMILES string of the molecule is CCC(NC(=O)OC(C)(C)C)C(=O)c1cncs1. The van der Waals surface area contributed by atoms with E-state index in [1.54, 1.807) is 26.3 Å². The van der Waals surface area contributed by atoms with Crippen LogP contribution in [0.1, 0.15) is 43.8 Å². The first kappa shape index (κ1) is 14.6. The highest BCUT2D eigenvalue weighted by Crippen LogP contribution is 2.12. The van der Waals surface area contributed by atoms with Crippen molar-refractivity contribution in [2.45, 2.75) is 45.8 Å². The van der Waals surface area contributed by atoms with E-state index in [2.05, 4.69) is 10.3 Å². The number of ether oxygens (including phenoxy) is 1. The average Bonchev–Trinajstić information content (AvgIpc) is 2.75. The van der Waals surface area contributed by atoms with Crippen LogP contribution in [0.25, 0.3) is 0 Å². The van der Waals surface area contributed by atoms with Crippen molar-refractivity contribution in [2.75, 3.05) is 0 Å². The number of aromatic nitrogens is 1.